The van der Waals surface area contributed by atoms with Crippen molar-refractivity contribution in [3.05, 3.63) is 41.7 Å². The van der Waals surface area contributed by atoms with Crippen LogP contribution < -0.4 is 19.7 Å². The van der Waals surface area contributed by atoms with Gasteiger partial charge in [0, 0.05) is 43.4 Å². The van der Waals surface area contributed by atoms with Crippen molar-refractivity contribution in [1.29, 1.82) is 0 Å². The minimum atomic E-state index is -0.0476. The first-order valence-corrected chi connectivity index (χ1v) is 8.95. The monoisotopic (exact) mass is 353 g/mol. The maximum atomic E-state index is 12.3. The van der Waals surface area contributed by atoms with E-state index >= 15 is 0 Å². The van der Waals surface area contributed by atoms with E-state index in [1.165, 1.54) is 12.8 Å². The number of rotatable bonds is 4. The Balaban J connectivity index is 1.81. The van der Waals surface area contributed by atoms with Crippen molar-refractivity contribution in [3.63, 3.8) is 0 Å². The van der Waals surface area contributed by atoms with Gasteiger partial charge in [0.15, 0.2) is 0 Å². The number of benzene rings is 1. The molecular formula is C20H23N3O3. The van der Waals surface area contributed by atoms with Crippen molar-refractivity contribution in [2.24, 2.45) is 0 Å². The van der Waals surface area contributed by atoms with Crippen molar-refractivity contribution < 1.29 is 14.3 Å². The van der Waals surface area contributed by atoms with E-state index in [2.05, 4.69) is 21.3 Å². The number of amides is 1. The molecule has 1 aromatic carbocycles. The number of fused-ring (bicyclic) bond motifs is 1. The van der Waals surface area contributed by atoms with Gasteiger partial charge < -0.3 is 19.7 Å². The number of ether oxygens (including phenoxy) is 2. The molecule has 3 heterocycles. The molecule has 1 saturated heterocycles. The van der Waals surface area contributed by atoms with E-state index in [1.807, 2.05) is 18.3 Å². The SMILES string of the molecule is COc1cncc(C2CC(=O)Nc3cc(OC)c(N4CCCC4)cc32)c1. The predicted octanol–water partition coefficient (Wildman–Crippen LogP) is 3.17. The largest absolute Gasteiger partial charge is 0.495 e. The zero-order chi connectivity index (χ0) is 18.1. The maximum absolute atomic E-state index is 12.3. The summed E-state index contributed by atoms with van der Waals surface area (Å²) in [6, 6.07) is 6.07. The summed E-state index contributed by atoms with van der Waals surface area (Å²) in [5, 5.41) is 2.99. The number of nitrogens with one attached hydrogen (secondary N) is 1. The Morgan fingerprint density at radius 3 is 2.65 bits per heavy atom. The van der Waals surface area contributed by atoms with Crippen LogP contribution in [0.15, 0.2) is 30.6 Å². The van der Waals surface area contributed by atoms with Crippen molar-refractivity contribution in [2.45, 2.75) is 25.2 Å². The van der Waals surface area contributed by atoms with Gasteiger partial charge in [-0.25, -0.2) is 0 Å². The van der Waals surface area contributed by atoms with Crippen LogP contribution in [0.1, 0.15) is 36.3 Å². The molecule has 2 aliphatic rings. The first-order chi connectivity index (χ1) is 12.7. The Kier molecular flexibility index (Phi) is 4.41. The lowest BCUT2D eigenvalue weighted by molar-refractivity contribution is -0.116. The molecule has 1 aromatic heterocycles. The van der Waals surface area contributed by atoms with Crippen LogP contribution in [0, 0.1) is 0 Å². The van der Waals surface area contributed by atoms with Crippen LogP contribution in [-0.2, 0) is 4.79 Å². The van der Waals surface area contributed by atoms with Crippen LogP contribution >= 0.6 is 0 Å². The van der Waals surface area contributed by atoms with Crippen molar-refractivity contribution >= 4 is 17.3 Å². The van der Waals surface area contributed by atoms with Crippen LogP contribution in [-0.4, -0.2) is 38.2 Å². The van der Waals surface area contributed by atoms with Gasteiger partial charge in [0.2, 0.25) is 5.91 Å². The van der Waals surface area contributed by atoms with E-state index in [9.17, 15) is 4.79 Å². The molecular weight excluding hydrogens is 330 g/mol. The third kappa shape index (κ3) is 2.96. The van der Waals surface area contributed by atoms with Gasteiger partial charge >= 0.3 is 0 Å². The van der Waals surface area contributed by atoms with E-state index in [-0.39, 0.29) is 11.8 Å². The van der Waals surface area contributed by atoms with Gasteiger partial charge in [-0.1, -0.05) is 0 Å². The van der Waals surface area contributed by atoms with Crippen LogP contribution in [0.3, 0.4) is 0 Å². The fourth-order valence-corrected chi connectivity index (χ4v) is 3.88. The molecule has 1 amide bonds. The van der Waals surface area contributed by atoms with Crippen LogP contribution in [0.5, 0.6) is 11.5 Å². The number of anilines is 2. The average molecular weight is 353 g/mol. The van der Waals surface area contributed by atoms with Gasteiger partial charge in [-0.15, -0.1) is 0 Å². The number of carbonyl (C=O) groups is 1. The number of pyridine rings is 1. The highest BCUT2D eigenvalue weighted by Crippen LogP contribution is 2.44. The van der Waals surface area contributed by atoms with Gasteiger partial charge in [-0.3, -0.25) is 9.78 Å². The molecule has 4 rings (SSSR count). The Morgan fingerprint density at radius 2 is 1.92 bits per heavy atom. The van der Waals surface area contributed by atoms with Gasteiger partial charge in [-0.05, 0) is 36.1 Å². The Bertz CT molecular complexity index is 831. The van der Waals surface area contributed by atoms with E-state index in [0.29, 0.717) is 12.2 Å². The normalized spacial score (nSPS) is 19.1. The molecule has 136 valence electrons. The summed E-state index contributed by atoms with van der Waals surface area (Å²) in [6.07, 6.45) is 6.28. The van der Waals surface area contributed by atoms with Gasteiger partial charge in [-0.2, -0.15) is 0 Å². The van der Waals surface area contributed by atoms with Crippen molar-refractivity contribution in [2.75, 3.05) is 37.5 Å². The maximum Gasteiger partial charge on any atom is 0.225 e. The number of methoxy groups -OCH3 is 2. The highest BCUT2D eigenvalue weighted by molar-refractivity contribution is 5.96. The molecule has 1 atom stereocenters. The highest BCUT2D eigenvalue weighted by Gasteiger charge is 2.30. The Morgan fingerprint density at radius 1 is 1.12 bits per heavy atom. The highest BCUT2D eigenvalue weighted by atomic mass is 16.5. The molecule has 6 nitrogen and oxygen atoms in total. The van der Waals surface area contributed by atoms with Crippen LogP contribution in [0.2, 0.25) is 0 Å². The Labute approximate surface area is 153 Å². The molecule has 0 spiro atoms. The minimum Gasteiger partial charge on any atom is -0.495 e. The fraction of sp³-hybridized carbons (Fsp3) is 0.400. The topological polar surface area (TPSA) is 63.7 Å². The van der Waals surface area contributed by atoms with E-state index in [1.54, 1.807) is 20.4 Å². The standard InChI is InChI=1S/C20H23N3O3/c1-25-14-7-13(11-21-12-14)15-9-20(24)22-17-10-19(26-2)18(8-16(15)17)23-5-3-4-6-23/h7-8,10-12,15H,3-6,9H2,1-2H3,(H,22,24). The lowest BCUT2D eigenvalue weighted by Gasteiger charge is -2.29. The fourth-order valence-electron chi connectivity index (χ4n) is 3.88. The third-order valence-corrected chi connectivity index (χ3v) is 5.21. The van der Waals surface area contributed by atoms with E-state index < -0.39 is 0 Å². The second-order valence-corrected chi connectivity index (χ2v) is 6.77. The zero-order valence-electron chi connectivity index (χ0n) is 15.1. The number of aromatic nitrogens is 1. The quantitative estimate of drug-likeness (QED) is 0.915. The van der Waals surface area contributed by atoms with Crippen molar-refractivity contribution in [3.8, 4) is 11.5 Å². The lowest BCUT2D eigenvalue weighted by atomic mass is 9.85. The predicted molar refractivity (Wildman–Crippen MR) is 100 cm³/mol. The molecule has 2 aromatic rings. The summed E-state index contributed by atoms with van der Waals surface area (Å²) in [6.45, 7) is 2.07. The molecule has 6 heteroatoms. The molecule has 2 aliphatic heterocycles. The molecule has 0 bridgehead atoms. The summed E-state index contributed by atoms with van der Waals surface area (Å²) in [7, 11) is 3.30. The minimum absolute atomic E-state index is 0.00120. The average Bonchev–Trinajstić information content (AvgIpc) is 3.21. The molecule has 1 N–H and O–H groups in total. The molecule has 1 fully saturated rings. The smallest absolute Gasteiger partial charge is 0.225 e. The summed E-state index contributed by atoms with van der Waals surface area (Å²) >= 11 is 0. The van der Waals surface area contributed by atoms with Gasteiger partial charge in [0.25, 0.3) is 0 Å². The number of carbonyl (C=O) groups excluding carboxylic acids is 1. The third-order valence-electron chi connectivity index (χ3n) is 5.21. The number of nitrogens with zero attached hydrogens (tertiary/aromatic N) is 2. The first kappa shape index (κ1) is 16.7. The summed E-state index contributed by atoms with van der Waals surface area (Å²) in [5.74, 6) is 1.45. The van der Waals surface area contributed by atoms with Crippen LogP contribution in [0.25, 0.3) is 0 Å². The van der Waals surface area contributed by atoms with Crippen molar-refractivity contribution in [1.82, 2.24) is 4.98 Å². The second kappa shape index (κ2) is 6.86. The van der Waals surface area contributed by atoms with E-state index in [4.69, 9.17) is 9.47 Å². The van der Waals surface area contributed by atoms with Crippen LogP contribution in [0.4, 0.5) is 11.4 Å². The molecule has 1 unspecified atom stereocenters. The summed E-state index contributed by atoms with van der Waals surface area (Å²) < 4.78 is 10.9. The first-order valence-electron chi connectivity index (χ1n) is 8.95. The lowest BCUT2D eigenvalue weighted by Crippen LogP contribution is -2.25. The second-order valence-electron chi connectivity index (χ2n) is 6.77. The zero-order valence-corrected chi connectivity index (χ0v) is 15.1. The van der Waals surface area contributed by atoms with Gasteiger partial charge in [0.1, 0.15) is 11.5 Å². The molecule has 0 saturated carbocycles. The number of hydrogen-bond donors (Lipinski definition) is 1. The number of hydrogen-bond acceptors (Lipinski definition) is 5. The molecule has 0 aliphatic carbocycles. The molecule has 26 heavy (non-hydrogen) atoms. The van der Waals surface area contributed by atoms with E-state index in [0.717, 1.165) is 41.3 Å². The van der Waals surface area contributed by atoms with Gasteiger partial charge in [0.05, 0.1) is 26.1 Å². The molecule has 0 radical (unpaired) electrons. The Hall–Kier alpha value is -2.76. The summed E-state index contributed by atoms with van der Waals surface area (Å²) in [4.78, 5) is 18.9. The summed E-state index contributed by atoms with van der Waals surface area (Å²) in [5.41, 5.74) is 4.00.